The Morgan fingerprint density at radius 2 is 1.31 bits per heavy atom. The number of alkyl halides is 3. The number of nitrogens with zero attached hydrogens (tertiary/aromatic N) is 1. The molecule has 1 aliphatic heterocycles. The number of benzene rings is 1. The van der Waals surface area contributed by atoms with Crippen LogP contribution in [-0.4, -0.2) is 30.4 Å². The van der Waals surface area contributed by atoms with Gasteiger partial charge in [0.1, 0.15) is 5.75 Å². The smallest absolute Gasteiger partial charge is 0.406 e. The minimum atomic E-state index is -4.61. The average Bonchev–Trinajstić information content (AvgIpc) is 2.92. The van der Waals surface area contributed by atoms with E-state index in [4.69, 9.17) is 0 Å². The van der Waals surface area contributed by atoms with Gasteiger partial charge in [0, 0.05) is 38.8 Å². The molecule has 1 fully saturated rings. The van der Waals surface area contributed by atoms with Crippen molar-refractivity contribution in [1.29, 1.82) is 0 Å². The van der Waals surface area contributed by atoms with Crippen LogP contribution < -0.4 is 4.74 Å². The number of ether oxygens (including phenoxy) is 1. The summed E-state index contributed by atoms with van der Waals surface area (Å²) in [6.45, 7) is 11.1. The second-order valence-corrected chi connectivity index (χ2v) is 6.11. The molecular weight excluding hydrogens is 416 g/mol. The van der Waals surface area contributed by atoms with Crippen molar-refractivity contribution in [2.45, 2.75) is 81.1 Å². The van der Waals surface area contributed by atoms with E-state index < -0.39 is 6.36 Å². The number of hydrogen-bond acceptors (Lipinski definition) is 2. The normalized spacial score (nSPS) is 13.4. The van der Waals surface area contributed by atoms with Gasteiger partial charge in [-0.05, 0) is 63.4 Å². The van der Waals surface area contributed by atoms with Crippen LogP contribution in [0, 0.1) is 0 Å². The molecule has 1 aromatic rings. The fraction of sp³-hybridized carbons (Fsp3) is 0.700. The van der Waals surface area contributed by atoms with Crippen molar-refractivity contribution < 1.29 is 50.6 Å². The molecule has 0 N–H and O–H groups in total. The minimum Gasteiger partial charge on any atom is -0.406 e. The molecule has 0 amide bonds. The van der Waals surface area contributed by atoms with E-state index in [0.29, 0.717) is 5.92 Å². The molecule has 2 nitrogen and oxygen atoms in total. The van der Waals surface area contributed by atoms with Gasteiger partial charge in [0.15, 0.2) is 0 Å². The number of rotatable bonds is 3. The van der Waals surface area contributed by atoms with Crippen molar-refractivity contribution in [3.05, 3.63) is 29.8 Å². The van der Waals surface area contributed by atoms with E-state index in [9.17, 15) is 13.2 Å². The maximum Gasteiger partial charge on any atom is 0.573 e. The summed E-state index contributed by atoms with van der Waals surface area (Å²) in [5.41, 5.74) is 0.986. The number of hydrogen-bond donors (Lipinski definition) is 0. The zero-order valence-electron chi connectivity index (χ0n) is 14.4. The zero-order valence-corrected chi connectivity index (χ0v) is 17.2. The van der Waals surface area contributed by atoms with E-state index >= 15 is 0 Å². The third-order valence-electron chi connectivity index (χ3n) is 3.65. The van der Waals surface area contributed by atoms with E-state index in [-0.39, 0.29) is 60.7 Å². The number of likely N-dealkylation sites (tertiary alicyclic amines) is 1. The molecule has 0 saturated carbocycles. The van der Waals surface area contributed by atoms with Gasteiger partial charge in [-0.25, -0.2) is 0 Å². The second-order valence-electron chi connectivity index (χ2n) is 6.11. The van der Waals surface area contributed by atoms with Crippen LogP contribution in [-0.2, 0) is 32.7 Å². The summed E-state index contributed by atoms with van der Waals surface area (Å²) in [6.07, 6.45) is -1.78. The Hall–Kier alpha value is -0.126. The van der Waals surface area contributed by atoms with Gasteiger partial charge in [0.2, 0.25) is 0 Å². The summed E-state index contributed by atoms with van der Waals surface area (Å²) >= 11 is 0. The summed E-state index contributed by atoms with van der Waals surface area (Å²) in [5.74, 6) is 0.122. The molecule has 1 aromatic carbocycles. The van der Waals surface area contributed by atoms with Crippen molar-refractivity contribution in [2.75, 3.05) is 13.1 Å². The van der Waals surface area contributed by atoms with Crippen LogP contribution in [0.3, 0.4) is 0 Å². The van der Waals surface area contributed by atoms with E-state index in [2.05, 4.69) is 23.5 Å². The molecule has 1 heterocycles. The van der Waals surface area contributed by atoms with Gasteiger partial charge in [0.05, 0.1) is 0 Å². The molecule has 1 aliphatic rings. The molecule has 26 heavy (non-hydrogen) atoms. The third-order valence-corrected chi connectivity index (χ3v) is 3.65. The van der Waals surface area contributed by atoms with Gasteiger partial charge in [-0.2, -0.15) is 0 Å². The summed E-state index contributed by atoms with van der Waals surface area (Å²) in [5, 5.41) is 0. The monoisotopic (exact) mass is 454 g/mol. The molecular formula is C20H38F3NOY. The molecule has 153 valence electrons. The van der Waals surface area contributed by atoms with Gasteiger partial charge in [-0.15, -0.1) is 13.2 Å². The molecule has 0 atom stereocenters. The molecule has 6 heteroatoms. The van der Waals surface area contributed by atoms with E-state index in [0.717, 1.165) is 11.6 Å². The van der Waals surface area contributed by atoms with Crippen LogP contribution in [0.1, 0.15) is 74.3 Å². The van der Waals surface area contributed by atoms with E-state index in [1.165, 1.54) is 38.1 Å². The second kappa shape index (κ2) is 15.9. The standard InChI is InChI=1S/C10H11F3O.C7H15N.3CH4.Y/c1-7(2)8-3-5-9(6-4-8)14-10(11,12)13;1-7(2)8-5-3-4-6-8;;;;/h3-7H,1-2H3;7H,3-6H2,1-2H3;3*1H4;. The molecule has 1 radical (unpaired) electrons. The van der Waals surface area contributed by atoms with Gasteiger partial charge < -0.3 is 9.64 Å². The Bertz CT molecular complexity index is 428. The molecule has 0 spiro atoms. The Morgan fingerprint density at radius 3 is 1.58 bits per heavy atom. The van der Waals surface area contributed by atoms with Crippen molar-refractivity contribution in [3.63, 3.8) is 0 Å². The Labute approximate surface area is 184 Å². The maximum atomic E-state index is 11.8. The van der Waals surface area contributed by atoms with Crippen LogP contribution in [0.4, 0.5) is 13.2 Å². The van der Waals surface area contributed by atoms with Gasteiger partial charge in [0.25, 0.3) is 0 Å². The first-order chi connectivity index (χ1) is 10.2. The summed E-state index contributed by atoms with van der Waals surface area (Å²) in [4.78, 5) is 2.53. The van der Waals surface area contributed by atoms with Gasteiger partial charge in [-0.1, -0.05) is 48.3 Å². The summed E-state index contributed by atoms with van der Waals surface area (Å²) in [7, 11) is 0. The quantitative estimate of drug-likeness (QED) is 0.483. The zero-order chi connectivity index (χ0) is 16.8. The van der Waals surface area contributed by atoms with Crippen LogP contribution in [0.25, 0.3) is 0 Å². The molecule has 0 aliphatic carbocycles. The maximum absolute atomic E-state index is 11.8. The molecule has 0 bridgehead atoms. The predicted molar refractivity (Wildman–Crippen MR) is 103 cm³/mol. The first-order valence-corrected chi connectivity index (χ1v) is 7.79. The van der Waals surface area contributed by atoms with Crippen molar-refractivity contribution in [1.82, 2.24) is 4.90 Å². The fourth-order valence-corrected chi connectivity index (χ4v) is 2.31. The number of halogens is 3. The Morgan fingerprint density at radius 1 is 0.885 bits per heavy atom. The van der Waals surface area contributed by atoms with Crippen molar-refractivity contribution >= 4 is 0 Å². The van der Waals surface area contributed by atoms with Crippen LogP contribution in [0.15, 0.2) is 24.3 Å². The summed E-state index contributed by atoms with van der Waals surface area (Å²) < 4.78 is 39.1. The van der Waals surface area contributed by atoms with Gasteiger partial charge >= 0.3 is 6.36 Å². The molecule has 1 saturated heterocycles. The topological polar surface area (TPSA) is 12.5 Å². The summed E-state index contributed by atoms with van der Waals surface area (Å²) in [6, 6.07) is 6.68. The average molecular weight is 454 g/mol. The Balaban J connectivity index is -0.000000177. The van der Waals surface area contributed by atoms with Crippen LogP contribution >= 0.6 is 0 Å². The first-order valence-electron chi connectivity index (χ1n) is 7.79. The SMILES string of the molecule is C.C.C.CC(C)N1CCCC1.CC(C)c1ccc(OC(F)(F)F)cc1.[Y]. The third kappa shape index (κ3) is 14.0. The van der Waals surface area contributed by atoms with Crippen LogP contribution in [0.5, 0.6) is 5.75 Å². The largest absolute Gasteiger partial charge is 0.573 e. The predicted octanol–water partition coefficient (Wildman–Crippen LogP) is 7.11. The van der Waals surface area contributed by atoms with Crippen molar-refractivity contribution in [3.8, 4) is 5.75 Å². The van der Waals surface area contributed by atoms with Crippen molar-refractivity contribution in [2.24, 2.45) is 0 Å². The van der Waals surface area contributed by atoms with E-state index in [1.807, 2.05) is 13.8 Å². The fourth-order valence-electron chi connectivity index (χ4n) is 2.31. The first kappa shape index (κ1) is 33.5. The molecule has 0 unspecified atom stereocenters. The molecule has 0 aromatic heterocycles. The minimum absolute atomic E-state index is 0. The van der Waals surface area contributed by atoms with Crippen LogP contribution in [0.2, 0.25) is 0 Å². The van der Waals surface area contributed by atoms with Gasteiger partial charge in [-0.3, -0.25) is 0 Å². The Kier molecular flexibility index (Phi) is 20.4. The molecule has 2 rings (SSSR count). The van der Waals surface area contributed by atoms with E-state index in [1.54, 1.807) is 12.1 Å².